The van der Waals surface area contributed by atoms with Gasteiger partial charge in [0.15, 0.2) is 0 Å². The number of esters is 2. The third kappa shape index (κ3) is 9.78. The first-order valence-electron chi connectivity index (χ1n) is 13.3. The highest BCUT2D eigenvalue weighted by Crippen LogP contribution is 2.29. The van der Waals surface area contributed by atoms with E-state index in [1.165, 1.54) is 0 Å². The fraction of sp³-hybridized carbons (Fsp3) is 0.923. The average Bonchev–Trinajstić information content (AvgIpc) is 2.76. The molecule has 0 aliphatic carbocycles. The minimum atomic E-state index is -0.343. The van der Waals surface area contributed by atoms with Crippen LogP contribution in [0.3, 0.4) is 0 Å². The molecular weight excluding hydrogens is 404 g/mol. The summed E-state index contributed by atoms with van der Waals surface area (Å²) < 4.78 is 11.7. The third-order valence-electron chi connectivity index (χ3n) is 7.61. The monoisotopic (exact) mass is 454 g/mol. The number of carbonyl (C=O) groups excluding carboxylic acids is 2. The smallest absolute Gasteiger partial charge is 0.306 e. The van der Waals surface area contributed by atoms with E-state index in [-0.39, 0.29) is 23.1 Å². The van der Waals surface area contributed by atoms with Crippen molar-refractivity contribution in [2.75, 3.05) is 26.2 Å². The molecule has 186 valence electrons. The summed E-state index contributed by atoms with van der Waals surface area (Å²) in [5.74, 6) is 0.862. The second-order valence-corrected chi connectivity index (χ2v) is 11.1. The highest BCUT2D eigenvalue weighted by molar-refractivity contribution is 5.70. The Labute approximate surface area is 196 Å². The first-order chi connectivity index (χ1) is 15.2. The number of rotatable bonds is 13. The van der Waals surface area contributed by atoms with Gasteiger partial charge < -0.3 is 20.1 Å². The molecule has 0 aromatic rings. The van der Waals surface area contributed by atoms with Crippen LogP contribution in [0.15, 0.2) is 0 Å². The SMILES string of the molecule is CC(C)(OC(=O)CCCCCCCCC(=O)OC(C)(C)C1CC[NH2+]CC1)C1CC[NH2+]CC1. The van der Waals surface area contributed by atoms with E-state index < -0.39 is 0 Å². The first kappa shape index (κ1) is 27.1. The van der Waals surface area contributed by atoms with E-state index in [0.29, 0.717) is 24.7 Å². The predicted octanol–water partition coefficient (Wildman–Crippen LogP) is 2.70. The van der Waals surface area contributed by atoms with Gasteiger partial charge in [0.2, 0.25) is 0 Å². The summed E-state index contributed by atoms with van der Waals surface area (Å²) in [5, 5.41) is 4.68. The van der Waals surface area contributed by atoms with Gasteiger partial charge in [-0.15, -0.1) is 0 Å². The van der Waals surface area contributed by atoms with Gasteiger partial charge in [0.1, 0.15) is 11.2 Å². The van der Waals surface area contributed by atoms with Crippen LogP contribution < -0.4 is 10.6 Å². The van der Waals surface area contributed by atoms with Gasteiger partial charge >= 0.3 is 11.9 Å². The summed E-state index contributed by atoms with van der Waals surface area (Å²) in [5.41, 5.74) is -0.687. The summed E-state index contributed by atoms with van der Waals surface area (Å²) in [7, 11) is 0. The molecule has 0 unspecified atom stereocenters. The van der Waals surface area contributed by atoms with Gasteiger partial charge in [-0.05, 0) is 40.5 Å². The molecule has 0 saturated carbocycles. The lowest BCUT2D eigenvalue weighted by Gasteiger charge is -2.35. The number of unbranched alkanes of at least 4 members (excludes halogenated alkanes) is 5. The summed E-state index contributed by atoms with van der Waals surface area (Å²) >= 11 is 0. The molecule has 4 N–H and O–H groups in total. The number of piperidine rings is 2. The lowest BCUT2D eigenvalue weighted by molar-refractivity contribution is -0.666. The first-order valence-corrected chi connectivity index (χ1v) is 13.3. The Morgan fingerprint density at radius 2 is 0.938 bits per heavy atom. The molecular formula is C26H50N2O4+2. The molecule has 32 heavy (non-hydrogen) atoms. The van der Waals surface area contributed by atoms with E-state index in [1.54, 1.807) is 0 Å². The normalized spacial score (nSPS) is 19.0. The van der Waals surface area contributed by atoms with Crippen LogP contribution in [0.5, 0.6) is 0 Å². The van der Waals surface area contributed by atoms with Crippen molar-refractivity contribution in [2.45, 2.75) is 116 Å². The van der Waals surface area contributed by atoms with Crippen molar-refractivity contribution in [2.24, 2.45) is 11.8 Å². The van der Waals surface area contributed by atoms with Crippen molar-refractivity contribution >= 4 is 11.9 Å². The Morgan fingerprint density at radius 3 is 1.28 bits per heavy atom. The molecule has 0 atom stereocenters. The molecule has 6 nitrogen and oxygen atoms in total. The highest BCUT2D eigenvalue weighted by atomic mass is 16.6. The summed E-state index contributed by atoms with van der Waals surface area (Å²) in [6.45, 7) is 12.8. The number of ether oxygens (including phenoxy) is 2. The fourth-order valence-corrected chi connectivity index (χ4v) is 5.35. The molecule has 2 fully saturated rings. The molecule has 0 aromatic heterocycles. The standard InChI is InChI=1S/C26H48N2O4/c1-25(2,21-13-17-27-18-14-21)31-23(29)11-9-7-5-6-8-10-12-24(30)32-26(3,4)22-15-19-28-20-16-22/h21-22,27-28H,5-20H2,1-4H3/p+2. The Kier molecular flexibility index (Phi) is 11.5. The summed E-state index contributed by atoms with van der Waals surface area (Å²) in [6.07, 6.45) is 11.6. The van der Waals surface area contributed by atoms with Gasteiger partial charge in [-0.1, -0.05) is 25.7 Å². The minimum absolute atomic E-state index is 0.0502. The van der Waals surface area contributed by atoms with Gasteiger partial charge in [-0.2, -0.15) is 0 Å². The summed E-state index contributed by atoms with van der Waals surface area (Å²) in [4.78, 5) is 24.5. The van der Waals surface area contributed by atoms with E-state index in [1.807, 2.05) is 0 Å². The molecule has 2 rings (SSSR count). The van der Waals surface area contributed by atoms with Crippen molar-refractivity contribution in [1.82, 2.24) is 0 Å². The molecule has 0 bridgehead atoms. The molecule has 0 amide bonds. The number of hydrogen-bond donors (Lipinski definition) is 2. The Balaban J connectivity index is 1.47. The van der Waals surface area contributed by atoms with Crippen LogP contribution in [-0.2, 0) is 19.1 Å². The van der Waals surface area contributed by atoms with E-state index in [9.17, 15) is 9.59 Å². The maximum atomic E-state index is 12.3. The zero-order valence-corrected chi connectivity index (χ0v) is 21.3. The zero-order chi connectivity index (χ0) is 23.5. The van der Waals surface area contributed by atoms with Gasteiger partial charge in [0, 0.05) is 50.4 Å². The predicted molar refractivity (Wildman–Crippen MR) is 126 cm³/mol. The van der Waals surface area contributed by atoms with Gasteiger partial charge in [-0.25, -0.2) is 0 Å². The lowest BCUT2D eigenvalue weighted by atomic mass is 9.83. The van der Waals surface area contributed by atoms with Gasteiger partial charge in [0.05, 0.1) is 26.2 Å². The van der Waals surface area contributed by atoms with Crippen LogP contribution in [0.25, 0.3) is 0 Å². The van der Waals surface area contributed by atoms with E-state index >= 15 is 0 Å². The number of quaternary nitrogens is 2. The van der Waals surface area contributed by atoms with E-state index in [4.69, 9.17) is 9.47 Å². The molecule has 2 heterocycles. The Morgan fingerprint density at radius 1 is 0.625 bits per heavy atom. The van der Waals surface area contributed by atoms with Crippen molar-refractivity contribution in [3.63, 3.8) is 0 Å². The van der Waals surface area contributed by atoms with Crippen molar-refractivity contribution in [3.8, 4) is 0 Å². The van der Waals surface area contributed by atoms with Crippen LogP contribution in [-0.4, -0.2) is 49.3 Å². The highest BCUT2D eigenvalue weighted by Gasteiger charge is 2.36. The van der Waals surface area contributed by atoms with Crippen LogP contribution in [0.1, 0.15) is 105 Å². The quantitative estimate of drug-likeness (QED) is 0.331. The maximum absolute atomic E-state index is 12.3. The van der Waals surface area contributed by atoms with E-state index in [2.05, 4.69) is 38.3 Å². The number of nitrogens with two attached hydrogens (primary N) is 2. The second-order valence-electron chi connectivity index (χ2n) is 11.1. The third-order valence-corrected chi connectivity index (χ3v) is 7.61. The Bertz CT molecular complexity index is 514. The van der Waals surface area contributed by atoms with Crippen molar-refractivity contribution < 1.29 is 29.7 Å². The molecule has 2 aliphatic heterocycles. The van der Waals surface area contributed by atoms with Crippen molar-refractivity contribution in [3.05, 3.63) is 0 Å². The molecule has 0 spiro atoms. The van der Waals surface area contributed by atoms with Crippen LogP contribution in [0.2, 0.25) is 0 Å². The molecule has 6 heteroatoms. The van der Waals surface area contributed by atoms with Gasteiger partial charge in [-0.3, -0.25) is 9.59 Å². The molecule has 2 aliphatic rings. The van der Waals surface area contributed by atoms with Crippen molar-refractivity contribution in [1.29, 1.82) is 0 Å². The van der Waals surface area contributed by atoms with Crippen LogP contribution in [0.4, 0.5) is 0 Å². The number of hydrogen-bond acceptors (Lipinski definition) is 4. The fourth-order valence-electron chi connectivity index (χ4n) is 5.35. The second kappa shape index (κ2) is 13.5. The largest absolute Gasteiger partial charge is 0.459 e. The zero-order valence-electron chi connectivity index (χ0n) is 21.3. The lowest BCUT2D eigenvalue weighted by Crippen LogP contribution is -2.86. The minimum Gasteiger partial charge on any atom is -0.459 e. The molecule has 0 radical (unpaired) electrons. The topological polar surface area (TPSA) is 85.8 Å². The average molecular weight is 455 g/mol. The summed E-state index contributed by atoms with van der Waals surface area (Å²) in [6, 6.07) is 0. The Hall–Kier alpha value is -1.14. The maximum Gasteiger partial charge on any atom is 0.306 e. The van der Waals surface area contributed by atoms with Crippen LogP contribution >= 0.6 is 0 Å². The number of carbonyl (C=O) groups is 2. The van der Waals surface area contributed by atoms with Gasteiger partial charge in [0.25, 0.3) is 0 Å². The molecule has 2 saturated heterocycles. The molecule has 0 aromatic carbocycles. The van der Waals surface area contributed by atoms with E-state index in [0.717, 1.165) is 90.4 Å². The van der Waals surface area contributed by atoms with Crippen LogP contribution in [0, 0.1) is 11.8 Å².